The number of nitrogens with one attached hydrogen (secondary N) is 2. The first-order valence-corrected chi connectivity index (χ1v) is 12.8. The predicted octanol–water partition coefficient (Wildman–Crippen LogP) is 5.09. The van der Waals surface area contributed by atoms with Gasteiger partial charge in [-0.1, -0.05) is 0 Å². The number of halogens is 2. The molecule has 10 nitrogen and oxygen atoms in total. The van der Waals surface area contributed by atoms with Gasteiger partial charge in [0.2, 0.25) is 6.41 Å². The molecule has 2 aromatic heterocycles. The van der Waals surface area contributed by atoms with Crippen LogP contribution in [0.5, 0.6) is 11.5 Å². The summed E-state index contributed by atoms with van der Waals surface area (Å²) in [5.74, 6) is -2.16. The summed E-state index contributed by atoms with van der Waals surface area (Å²) in [5.41, 5.74) is 3.04. The molecule has 0 aliphatic heterocycles. The third kappa shape index (κ3) is 5.92. The summed E-state index contributed by atoms with van der Waals surface area (Å²) in [6, 6.07) is 11.8. The van der Waals surface area contributed by atoms with Crippen LogP contribution in [0.1, 0.15) is 18.2 Å². The number of carbonyl (C=O) groups excluding carboxylic acids is 1. The van der Waals surface area contributed by atoms with Gasteiger partial charge in [0.05, 0.1) is 31.3 Å². The quantitative estimate of drug-likeness (QED) is 0.179. The van der Waals surface area contributed by atoms with Crippen molar-refractivity contribution in [3.8, 4) is 17.2 Å². The fourth-order valence-corrected chi connectivity index (χ4v) is 4.47. The van der Waals surface area contributed by atoms with E-state index in [1.165, 1.54) is 37.3 Å². The molecule has 0 aliphatic carbocycles. The zero-order valence-electron chi connectivity index (χ0n) is 23.9. The van der Waals surface area contributed by atoms with Gasteiger partial charge in [-0.3, -0.25) is 14.7 Å². The molecule has 2 N–H and O–H groups in total. The second-order valence-electron chi connectivity index (χ2n) is 9.23. The van der Waals surface area contributed by atoms with E-state index in [1.54, 1.807) is 61.5 Å². The van der Waals surface area contributed by atoms with E-state index in [-0.39, 0.29) is 29.4 Å². The van der Waals surface area contributed by atoms with E-state index < -0.39 is 11.6 Å². The van der Waals surface area contributed by atoms with Gasteiger partial charge in [-0.15, -0.1) is 0 Å². The number of hydrogen-bond acceptors (Lipinski definition) is 8. The molecular weight excluding hydrogens is 544 g/mol. The number of nitrogens with zero attached hydrogens (tertiary/aromatic N) is 5. The summed E-state index contributed by atoms with van der Waals surface area (Å²) in [5, 5.41) is 15.4. The molecule has 0 saturated carbocycles. The molecule has 2 heterocycles. The van der Waals surface area contributed by atoms with Gasteiger partial charge in [-0.25, -0.2) is 13.5 Å². The van der Waals surface area contributed by atoms with Gasteiger partial charge in [0, 0.05) is 74.0 Å². The maximum Gasteiger partial charge on any atom is 0.218 e. The lowest BCUT2D eigenvalue weighted by Crippen LogP contribution is -2.23. The Morgan fingerprint density at radius 3 is 2.31 bits per heavy atom. The monoisotopic (exact) mass is 575 g/mol. The van der Waals surface area contributed by atoms with E-state index in [4.69, 9.17) is 14.9 Å². The van der Waals surface area contributed by atoms with E-state index in [9.17, 15) is 4.79 Å². The van der Waals surface area contributed by atoms with E-state index in [0.29, 0.717) is 34.6 Å². The van der Waals surface area contributed by atoms with Gasteiger partial charge in [-0.2, -0.15) is 5.10 Å². The SMILES string of the molecule is CN/C=C(\C(C)=N)c1cc(N(C=O)c2ccc(-n3cccn3)cc2)c(CN(C)c2c(F)c(OC)cc(OC)c2F)cn1. The number of carbonyl (C=O) groups is 1. The maximum absolute atomic E-state index is 15.3. The highest BCUT2D eigenvalue weighted by Crippen LogP contribution is 2.38. The van der Waals surface area contributed by atoms with Crippen molar-refractivity contribution >= 4 is 34.8 Å². The maximum atomic E-state index is 15.3. The minimum atomic E-state index is -0.899. The van der Waals surface area contributed by atoms with Crippen molar-refractivity contribution in [1.82, 2.24) is 20.1 Å². The van der Waals surface area contributed by atoms with Crippen molar-refractivity contribution in [3.05, 3.63) is 90.1 Å². The lowest BCUT2D eigenvalue weighted by molar-refractivity contribution is -0.106. The fraction of sp³-hybridized carbons (Fsp3) is 0.200. The van der Waals surface area contributed by atoms with Gasteiger partial charge in [-0.05, 0) is 43.3 Å². The molecule has 0 fully saturated rings. The number of rotatable bonds is 12. The average Bonchev–Trinajstić information content (AvgIpc) is 3.53. The third-order valence-corrected chi connectivity index (χ3v) is 6.53. The van der Waals surface area contributed by atoms with Crippen molar-refractivity contribution in [3.63, 3.8) is 0 Å². The molecule has 4 rings (SSSR count). The molecule has 2 aromatic carbocycles. The zero-order chi connectivity index (χ0) is 30.4. The first-order valence-electron chi connectivity index (χ1n) is 12.8. The second-order valence-corrected chi connectivity index (χ2v) is 9.23. The Kier molecular flexibility index (Phi) is 9.15. The standard InChI is InChI=1S/C30H31F2N7O3/c1-19(33)23(16-34-2)24-13-25(38(18-40)21-7-9-22(10-8-21)39-12-6-11-36-39)20(15-35-24)17-37(3)30-28(31)26(41-4)14-27(42-5)29(30)32/h6-16,18,33-34H,17H2,1-5H3/b23-16+,33-19?. The van der Waals surface area contributed by atoms with Crippen LogP contribution in [0.3, 0.4) is 0 Å². The highest BCUT2D eigenvalue weighted by atomic mass is 19.1. The Balaban J connectivity index is 1.83. The number of methoxy groups -OCH3 is 2. The van der Waals surface area contributed by atoms with Crippen LogP contribution in [0.4, 0.5) is 25.8 Å². The van der Waals surface area contributed by atoms with Crippen LogP contribution in [-0.2, 0) is 11.3 Å². The topological polar surface area (TPSA) is 109 Å². The predicted molar refractivity (Wildman–Crippen MR) is 158 cm³/mol. The van der Waals surface area contributed by atoms with Gasteiger partial charge in [0.15, 0.2) is 23.1 Å². The van der Waals surface area contributed by atoms with Crippen LogP contribution >= 0.6 is 0 Å². The van der Waals surface area contributed by atoms with Crippen LogP contribution in [0.25, 0.3) is 11.3 Å². The Labute approximate surface area is 242 Å². The number of anilines is 3. The Morgan fingerprint density at radius 1 is 1.12 bits per heavy atom. The summed E-state index contributed by atoms with van der Waals surface area (Å²) >= 11 is 0. The number of hydrogen-bond donors (Lipinski definition) is 2. The molecule has 218 valence electrons. The van der Waals surface area contributed by atoms with E-state index in [0.717, 1.165) is 11.8 Å². The highest BCUT2D eigenvalue weighted by Gasteiger charge is 2.25. The van der Waals surface area contributed by atoms with Crippen molar-refractivity contribution < 1.29 is 23.0 Å². The molecule has 0 bridgehead atoms. The smallest absolute Gasteiger partial charge is 0.218 e. The fourth-order valence-electron chi connectivity index (χ4n) is 4.47. The number of benzene rings is 2. The highest BCUT2D eigenvalue weighted by molar-refractivity contribution is 6.20. The molecule has 12 heteroatoms. The van der Waals surface area contributed by atoms with Crippen molar-refractivity contribution in [1.29, 1.82) is 5.41 Å². The summed E-state index contributed by atoms with van der Waals surface area (Å²) in [6.07, 6.45) is 7.28. The molecule has 0 atom stereocenters. The van der Waals surface area contributed by atoms with Crippen LogP contribution < -0.4 is 24.6 Å². The lowest BCUT2D eigenvalue weighted by atomic mass is 10.1. The van der Waals surface area contributed by atoms with Crippen molar-refractivity contribution in [2.75, 3.05) is 38.1 Å². The lowest BCUT2D eigenvalue weighted by Gasteiger charge is -2.27. The molecule has 0 spiro atoms. The van der Waals surface area contributed by atoms with Crippen molar-refractivity contribution in [2.45, 2.75) is 13.5 Å². The third-order valence-electron chi connectivity index (χ3n) is 6.53. The first kappa shape index (κ1) is 29.7. The molecule has 4 aromatic rings. The van der Waals surface area contributed by atoms with E-state index in [1.807, 2.05) is 12.1 Å². The molecular formula is C30H31F2N7O3. The largest absolute Gasteiger partial charge is 0.493 e. The van der Waals surface area contributed by atoms with E-state index in [2.05, 4.69) is 15.4 Å². The minimum absolute atomic E-state index is 0.0445. The Bertz CT molecular complexity index is 1580. The normalized spacial score (nSPS) is 11.2. The Hall–Kier alpha value is -5.26. The number of pyridine rings is 1. The number of allylic oxidation sites excluding steroid dienone is 1. The molecule has 0 aliphatic rings. The van der Waals surface area contributed by atoms with Gasteiger partial charge in [0.1, 0.15) is 5.69 Å². The molecule has 0 saturated heterocycles. The number of ether oxygens (including phenoxy) is 2. The molecule has 0 radical (unpaired) electrons. The summed E-state index contributed by atoms with van der Waals surface area (Å²) < 4.78 is 42.5. The number of aromatic nitrogens is 3. The molecule has 1 amide bonds. The first-order chi connectivity index (χ1) is 20.2. The minimum Gasteiger partial charge on any atom is -0.493 e. The van der Waals surface area contributed by atoms with Gasteiger partial charge >= 0.3 is 0 Å². The summed E-state index contributed by atoms with van der Waals surface area (Å²) in [7, 11) is 5.77. The van der Waals surface area contributed by atoms with E-state index >= 15 is 8.78 Å². The average molecular weight is 576 g/mol. The van der Waals surface area contributed by atoms with Crippen LogP contribution in [-0.4, -0.2) is 55.2 Å². The van der Waals surface area contributed by atoms with Crippen LogP contribution in [0.15, 0.2) is 67.3 Å². The number of amides is 1. The van der Waals surface area contributed by atoms with Gasteiger partial charge < -0.3 is 25.1 Å². The summed E-state index contributed by atoms with van der Waals surface area (Å²) in [4.78, 5) is 19.9. The van der Waals surface area contributed by atoms with Crippen LogP contribution in [0, 0.1) is 17.0 Å². The second kappa shape index (κ2) is 12.9. The molecule has 0 unspecified atom stereocenters. The van der Waals surface area contributed by atoms with Gasteiger partial charge in [0.25, 0.3) is 0 Å². The molecule has 42 heavy (non-hydrogen) atoms. The van der Waals surface area contributed by atoms with Crippen molar-refractivity contribution in [2.24, 2.45) is 0 Å². The van der Waals surface area contributed by atoms with Crippen LogP contribution in [0.2, 0.25) is 0 Å². The Morgan fingerprint density at radius 2 is 1.79 bits per heavy atom. The summed E-state index contributed by atoms with van der Waals surface area (Å²) in [6.45, 7) is 1.58. The zero-order valence-corrected chi connectivity index (χ0v) is 23.9.